The van der Waals surface area contributed by atoms with Crippen molar-refractivity contribution in [1.29, 1.82) is 0 Å². The predicted octanol–water partition coefficient (Wildman–Crippen LogP) is 2.89. The van der Waals surface area contributed by atoms with Crippen LogP contribution in [0.1, 0.15) is 36.0 Å². The van der Waals surface area contributed by atoms with Crippen LogP contribution in [0.4, 0.5) is 8.78 Å². The number of hydrogen-bond donors (Lipinski definition) is 1. The van der Waals surface area contributed by atoms with Gasteiger partial charge in [0, 0.05) is 19.1 Å². The first-order valence-corrected chi connectivity index (χ1v) is 8.20. The van der Waals surface area contributed by atoms with Gasteiger partial charge in [-0.05, 0) is 43.9 Å². The Balaban J connectivity index is 1.81. The van der Waals surface area contributed by atoms with Gasteiger partial charge in [0.15, 0.2) is 0 Å². The molecule has 0 spiro atoms. The number of benzene rings is 1. The highest BCUT2D eigenvalue weighted by molar-refractivity contribution is 5.97. The van der Waals surface area contributed by atoms with Crippen molar-refractivity contribution >= 4 is 5.91 Å². The van der Waals surface area contributed by atoms with Crippen LogP contribution in [0.25, 0.3) is 0 Å². The van der Waals surface area contributed by atoms with Crippen LogP contribution in [0.15, 0.2) is 24.3 Å². The Hall–Kier alpha value is -1.69. The Morgan fingerprint density at radius 1 is 1.30 bits per heavy atom. The summed E-state index contributed by atoms with van der Waals surface area (Å²) in [6.07, 6.45) is 4.38. The standard InChI is InChI=1S/C17H22F2N2O2/c18-17(19)23-15-7-2-1-6-14(15)16(22)21(11-12-4-3-5-12)13-8-9-20-10-13/h1-2,6-7,12-13,17,20H,3-5,8-11H2. The van der Waals surface area contributed by atoms with Crippen LogP contribution in [0.5, 0.6) is 5.75 Å². The molecule has 23 heavy (non-hydrogen) atoms. The van der Waals surface area contributed by atoms with Gasteiger partial charge in [0.1, 0.15) is 5.75 Å². The molecule has 1 unspecified atom stereocenters. The average molecular weight is 324 g/mol. The highest BCUT2D eigenvalue weighted by Crippen LogP contribution is 2.30. The van der Waals surface area contributed by atoms with Crippen LogP contribution in [0.3, 0.4) is 0 Å². The molecule has 0 aromatic heterocycles. The summed E-state index contributed by atoms with van der Waals surface area (Å²) in [4.78, 5) is 14.8. The lowest BCUT2D eigenvalue weighted by molar-refractivity contribution is -0.0503. The number of carbonyl (C=O) groups excluding carboxylic acids is 1. The van der Waals surface area contributed by atoms with Gasteiger partial charge in [-0.3, -0.25) is 4.79 Å². The highest BCUT2D eigenvalue weighted by Gasteiger charge is 2.32. The molecule has 1 heterocycles. The first-order chi connectivity index (χ1) is 11.1. The Kier molecular flexibility index (Phi) is 5.10. The van der Waals surface area contributed by atoms with Crippen molar-refractivity contribution in [3.8, 4) is 5.75 Å². The van der Waals surface area contributed by atoms with Gasteiger partial charge in [0.2, 0.25) is 0 Å². The molecule has 2 aliphatic rings. The molecule has 126 valence electrons. The zero-order valence-corrected chi connectivity index (χ0v) is 13.0. The van der Waals surface area contributed by atoms with E-state index in [1.807, 2.05) is 4.90 Å². The van der Waals surface area contributed by atoms with Crippen molar-refractivity contribution in [1.82, 2.24) is 10.2 Å². The molecule has 0 bridgehead atoms. The second-order valence-electron chi connectivity index (χ2n) is 6.28. The third-order valence-electron chi connectivity index (χ3n) is 4.75. The summed E-state index contributed by atoms with van der Waals surface area (Å²) in [5.74, 6) is 0.279. The molecule has 1 aromatic carbocycles. The average Bonchev–Trinajstić information content (AvgIpc) is 2.99. The molecule has 4 nitrogen and oxygen atoms in total. The summed E-state index contributed by atoms with van der Waals surface area (Å²) in [5.41, 5.74) is 0.221. The molecule has 0 radical (unpaired) electrons. The maximum absolute atomic E-state index is 13.0. The molecule has 2 fully saturated rings. The van der Waals surface area contributed by atoms with Crippen LogP contribution >= 0.6 is 0 Å². The smallest absolute Gasteiger partial charge is 0.387 e. The van der Waals surface area contributed by atoms with E-state index in [-0.39, 0.29) is 23.3 Å². The maximum Gasteiger partial charge on any atom is 0.387 e. The number of ether oxygens (including phenoxy) is 1. The first-order valence-electron chi connectivity index (χ1n) is 8.20. The van der Waals surface area contributed by atoms with Crippen LogP contribution < -0.4 is 10.1 Å². The largest absolute Gasteiger partial charge is 0.434 e. The third kappa shape index (κ3) is 3.80. The second kappa shape index (κ2) is 7.25. The van der Waals surface area contributed by atoms with Gasteiger partial charge < -0.3 is 15.0 Å². The van der Waals surface area contributed by atoms with Crippen molar-refractivity contribution in [2.45, 2.75) is 38.3 Å². The molecule has 1 aromatic rings. The Bertz CT molecular complexity index is 543. The van der Waals surface area contributed by atoms with E-state index in [2.05, 4.69) is 10.1 Å². The topological polar surface area (TPSA) is 41.6 Å². The molecule has 1 amide bonds. The summed E-state index contributed by atoms with van der Waals surface area (Å²) in [7, 11) is 0. The van der Waals surface area contributed by atoms with Crippen molar-refractivity contribution in [2.75, 3.05) is 19.6 Å². The lowest BCUT2D eigenvalue weighted by Gasteiger charge is -2.36. The number of nitrogens with zero attached hydrogens (tertiary/aromatic N) is 1. The van der Waals surface area contributed by atoms with Crippen molar-refractivity contribution < 1.29 is 18.3 Å². The second-order valence-corrected chi connectivity index (χ2v) is 6.28. The number of amides is 1. The van der Waals surface area contributed by atoms with E-state index in [0.717, 1.165) is 32.4 Å². The minimum absolute atomic E-state index is 0.0444. The summed E-state index contributed by atoms with van der Waals surface area (Å²) >= 11 is 0. The van der Waals surface area contributed by atoms with Gasteiger partial charge in [-0.15, -0.1) is 0 Å². The molecule has 6 heteroatoms. The quantitative estimate of drug-likeness (QED) is 0.875. The van der Waals surface area contributed by atoms with E-state index in [9.17, 15) is 13.6 Å². The molecular weight excluding hydrogens is 302 g/mol. The monoisotopic (exact) mass is 324 g/mol. The molecule has 1 aliphatic carbocycles. The van der Waals surface area contributed by atoms with Gasteiger partial charge in [-0.2, -0.15) is 8.78 Å². The number of alkyl halides is 2. The number of rotatable bonds is 6. The number of hydrogen-bond acceptors (Lipinski definition) is 3. The van der Waals surface area contributed by atoms with Crippen molar-refractivity contribution in [3.63, 3.8) is 0 Å². The van der Waals surface area contributed by atoms with E-state index in [4.69, 9.17) is 0 Å². The van der Waals surface area contributed by atoms with Crippen LogP contribution in [-0.2, 0) is 0 Å². The SMILES string of the molecule is O=C(c1ccccc1OC(F)F)N(CC1CCC1)C1CCNC1. The van der Waals surface area contributed by atoms with Crippen molar-refractivity contribution in [3.05, 3.63) is 29.8 Å². The fourth-order valence-corrected chi connectivity index (χ4v) is 3.25. The first kappa shape index (κ1) is 16.2. The maximum atomic E-state index is 13.0. The van der Waals surface area contributed by atoms with E-state index < -0.39 is 6.61 Å². The van der Waals surface area contributed by atoms with Crippen LogP contribution in [-0.4, -0.2) is 43.1 Å². The molecule has 1 aliphatic heterocycles. The van der Waals surface area contributed by atoms with Gasteiger partial charge in [0.25, 0.3) is 5.91 Å². The molecular formula is C17H22F2N2O2. The Labute approximate surface area is 134 Å². The predicted molar refractivity (Wildman–Crippen MR) is 82.7 cm³/mol. The normalized spacial score (nSPS) is 21.3. The minimum Gasteiger partial charge on any atom is -0.434 e. The summed E-state index contributed by atoms with van der Waals surface area (Å²) in [6, 6.07) is 6.40. The molecule has 1 atom stereocenters. The highest BCUT2D eigenvalue weighted by atomic mass is 19.3. The molecule has 1 saturated heterocycles. The van der Waals surface area contributed by atoms with Gasteiger partial charge >= 0.3 is 6.61 Å². The lowest BCUT2D eigenvalue weighted by Crippen LogP contribution is -2.45. The lowest BCUT2D eigenvalue weighted by atomic mass is 9.84. The van der Waals surface area contributed by atoms with Crippen LogP contribution in [0.2, 0.25) is 0 Å². The number of para-hydroxylation sites is 1. The number of nitrogens with one attached hydrogen (secondary N) is 1. The fourth-order valence-electron chi connectivity index (χ4n) is 3.25. The Morgan fingerprint density at radius 2 is 2.09 bits per heavy atom. The molecule has 1 saturated carbocycles. The number of halogens is 2. The van der Waals surface area contributed by atoms with E-state index in [0.29, 0.717) is 12.5 Å². The minimum atomic E-state index is -2.93. The van der Waals surface area contributed by atoms with Gasteiger partial charge in [-0.1, -0.05) is 18.6 Å². The fraction of sp³-hybridized carbons (Fsp3) is 0.588. The zero-order valence-electron chi connectivity index (χ0n) is 13.0. The van der Waals surface area contributed by atoms with Gasteiger partial charge in [-0.25, -0.2) is 0 Å². The summed E-state index contributed by atoms with van der Waals surface area (Å²) < 4.78 is 29.7. The molecule has 3 rings (SSSR count). The summed E-state index contributed by atoms with van der Waals surface area (Å²) in [6.45, 7) is -0.587. The van der Waals surface area contributed by atoms with Crippen LogP contribution in [0, 0.1) is 5.92 Å². The Morgan fingerprint density at radius 3 is 2.70 bits per heavy atom. The van der Waals surface area contributed by atoms with Crippen molar-refractivity contribution in [2.24, 2.45) is 5.92 Å². The molecule has 1 N–H and O–H groups in total. The van der Waals surface area contributed by atoms with E-state index >= 15 is 0 Å². The summed E-state index contributed by atoms with van der Waals surface area (Å²) in [5, 5.41) is 3.27. The zero-order chi connectivity index (χ0) is 16.2. The van der Waals surface area contributed by atoms with E-state index in [1.165, 1.54) is 12.5 Å². The number of carbonyl (C=O) groups is 1. The van der Waals surface area contributed by atoms with E-state index in [1.54, 1.807) is 18.2 Å². The third-order valence-corrected chi connectivity index (χ3v) is 4.75. The van der Waals surface area contributed by atoms with Gasteiger partial charge in [0.05, 0.1) is 5.56 Å².